The third kappa shape index (κ3) is 18.1. The van der Waals surface area contributed by atoms with Gasteiger partial charge in [0.2, 0.25) is 0 Å². The molecule has 0 unspecified atom stereocenters. The molecule has 0 aromatic heterocycles. The molecular weight excluding hydrogens is 441 g/mol. The summed E-state index contributed by atoms with van der Waals surface area (Å²) in [5.41, 5.74) is -3.21. The zero-order valence-electron chi connectivity index (χ0n) is 19.7. The van der Waals surface area contributed by atoms with Crippen LogP contribution in [0.2, 0.25) is 0 Å². The second-order valence-corrected chi connectivity index (χ2v) is 8.14. The van der Waals surface area contributed by atoms with Gasteiger partial charge < -0.3 is 25.3 Å². The Morgan fingerprint density at radius 2 is 0.938 bits per heavy atom. The van der Waals surface area contributed by atoms with Crippen LogP contribution < -0.4 is 15.3 Å². The van der Waals surface area contributed by atoms with E-state index in [9.17, 15) is 26.3 Å². The molecule has 0 radical (unpaired) electrons. The lowest BCUT2D eigenvalue weighted by Crippen LogP contribution is -2.29. The molecule has 0 fully saturated rings. The van der Waals surface area contributed by atoms with Crippen molar-refractivity contribution in [3.8, 4) is 5.75 Å². The zero-order valence-corrected chi connectivity index (χ0v) is 19.7. The first-order valence-electron chi connectivity index (χ1n) is 10.1. The molecule has 1 aromatic rings. The van der Waals surface area contributed by atoms with Crippen LogP contribution in [0.25, 0.3) is 0 Å². The monoisotopic (exact) mass is 476 g/mol. The Morgan fingerprint density at radius 1 is 0.656 bits per heavy atom. The minimum absolute atomic E-state index is 0.101. The molecule has 1 aromatic carbocycles. The van der Waals surface area contributed by atoms with Gasteiger partial charge in [-0.05, 0) is 18.2 Å². The molecule has 4 N–H and O–H groups in total. The van der Waals surface area contributed by atoms with Crippen LogP contribution in [0.1, 0.15) is 66.5 Å². The topological polar surface area (TPSA) is 73.8 Å². The van der Waals surface area contributed by atoms with Gasteiger partial charge >= 0.3 is 19.7 Å². The standard InChI is InChI=1S/C8H5BF6O3.2C6H15N/c10-7(11,12)4-1-5(8(13,14)15)3-6(2-4)18-9(16)17;2*1-5(2)7-6(3)4/h1-3,16-17H;2*5-7H,1-4H3. The maximum Gasteiger partial charge on any atom is 0.707 e. The van der Waals surface area contributed by atoms with Gasteiger partial charge in [0, 0.05) is 24.2 Å². The van der Waals surface area contributed by atoms with E-state index in [1.54, 1.807) is 0 Å². The first-order chi connectivity index (χ1) is 14.2. The average Bonchev–Trinajstić information content (AvgIpc) is 2.50. The lowest BCUT2D eigenvalue weighted by atomic mass is 10.1. The van der Waals surface area contributed by atoms with E-state index < -0.39 is 36.6 Å². The van der Waals surface area contributed by atoms with E-state index in [2.05, 4.69) is 70.7 Å². The predicted molar refractivity (Wildman–Crippen MR) is 114 cm³/mol. The molecule has 188 valence electrons. The van der Waals surface area contributed by atoms with Crippen molar-refractivity contribution in [1.82, 2.24) is 10.6 Å². The van der Waals surface area contributed by atoms with Crippen molar-refractivity contribution >= 4 is 7.32 Å². The lowest BCUT2D eigenvalue weighted by molar-refractivity contribution is -0.143. The van der Waals surface area contributed by atoms with E-state index in [0.29, 0.717) is 24.2 Å². The number of hydrogen-bond donors (Lipinski definition) is 4. The molecular formula is C20H35BF6N2O3. The van der Waals surface area contributed by atoms with Crippen molar-refractivity contribution in [2.45, 2.75) is 91.9 Å². The van der Waals surface area contributed by atoms with Gasteiger partial charge in [0.25, 0.3) is 0 Å². The number of nitrogens with one attached hydrogen (secondary N) is 2. The number of rotatable bonds is 6. The quantitative estimate of drug-likeness (QED) is 0.349. The summed E-state index contributed by atoms with van der Waals surface area (Å²) in [6.45, 7) is 17.2. The highest BCUT2D eigenvalue weighted by atomic mass is 19.4. The van der Waals surface area contributed by atoms with Crippen LogP contribution in [0, 0.1) is 0 Å². The summed E-state index contributed by atoms with van der Waals surface area (Å²) in [5, 5.41) is 23.3. The summed E-state index contributed by atoms with van der Waals surface area (Å²) < 4.78 is 78.0. The Kier molecular flexibility index (Phi) is 14.9. The second kappa shape index (κ2) is 14.6. The average molecular weight is 476 g/mol. The van der Waals surface area contributed by atoms with Crippen LogP contribution in [0.4, 0.5) is 26.3 Å². The van der Waals surface area contributed by atoms with Gasteiger partial charge in [0.05, 0.1) is 11.1 Å². The summed E-state index contributed by atoms with van der Waals surface area (Å²) >= 11 is 0. The maximum absolute atomic E-state index is 12.3. The molecule has 5 nitrogen and oxygen atoms in total. The third-order valence-corrected chi connectivity index (χ3v) is 3.14. The Balaban J connectivity index is 0. The molecule has 0 amide bonds. The highest BCUT2D eigenvalue weighted by molar-refractivity contribution is 6.33. The number of benzene rings is 1. The smallest absolute Gasteiger partial charge is 0.512 e. The van der Waals surface area contributed by atoms with E-state index in [-0.39, 0.29) is 18.2 Å². The molecule has 0 saturated carbocycles. The number of hydrogen-bond acceptors (Lipinski definition) is 5. The van der Waals surface area contributed by atoms with Crippen molar-refractivity contribution in [3.05, 3.63) is 29.3 Å². The molecule has 0 spiro atoms. The lowest BCUT2D eigenvalue weighted by Gasteiger charge is -2.14. The Bertz CT molecular complexity index is 578. The van der Waals surface area contributed by atoms with Gasteiger partial charge in [-0.1, -0.05) is 55.4 Å². The van der Waals surface area contributed by atoms with E-state index in [1.807, 2.05) is 0 Å². The van der Waals surface area contributed by atoms with Gasteiger partial charge in [-0.25, -0.2) is 0 Å². The van der Waals surface area contributed by atoms with Crippen molar-refractivity contribution in [2.75, 3.05) is 0 Å². The Hall–Kier alpha value is -1.50. The van der Waals surface area contributed by atoms with Crippen molar-refractivity contribution < 1.29 is 41.0 Å². The highest BCUT2D eigenvalue weighted by Gasteiger charge is 2.37. The van der Waals surface area contributed by atoms with Crippen molar-refractivity contribution in [1.29, 1.82) is 0 Å². The molecule has 0 bridgehead atoms. The Morgan fingerprint density at radius 3 is 1.09 bits per heavy atom. The van der Waals surface area contributed by atoms with Crippen LogP contribution in [-0.4, -0.2) is 41.5 Å². The number of halogens is 6. The summed E-state index contributed by atoms with van der Waals surface area (Å²) in [7, 11) is -2.52. The van der Waals surface area contributed by atoms with E-state index in [0.717, 1.165) is 0 Å². The largest absolute Gasteiger partial charge is 0.707 e. The SMILES string of the molecule is CC(C)NC(C)C.CC(C)NC(C)C.OB(O)Oc1cc(C(F)(F)F)cc(C(F)(F)F)c1. The van der Waals surface area contributed by atoms with Gasteiger partial charge in [0.1, 0.15) is 5.75 Å². The molecule has 1 rings (SSSR count). The molecule has 0 aliphatic carbocycles. The second-order valence-electron chi connectivity index (χ2n) is 8.14. The van der Waals surface area contributed by atoms with E-state index >= 15 is 0 Å². The highest BCUT2D eigenvalue weighted by Crippen LogP contribution is 2.38. The first-order valence-corrected chi connectivity index (χ1v) is 10.1. The van der Waals surface area contributed by atoms with Gasteiger partial charge in [-0.2, -0.15) is 26.3 Å². The van der Waals surface area contributed by atoms with Crippen LogP contribution in [0.3, 0.4) is 0 Å². The first kappa shape index (κ1) is 32.7. The predicted octanol–water partition coefficient (Wildman–Crippen LogP) is 4.86. The van der Waals surface area contributed by atoms with Crippen molar-refractivity contribution in [2.24, 2.45) is 0 Å². The third-order valence-electron chi connectivity index (χ3n) is 3.14. The summed E-state index contributed by atoms with van der Waals surface area (Å²) in [6.07, 6.45) is -10.0. The fourth-order valence-electron chi connectivity index (χ4n) is 2.45. The fourth-order valence-corrected chi connectivity index (χ4v) is 2.45. The molecule has 0 aliphatic rings. The van der Waals surface area contributed by atoms with Gasteiger partial charge in [0.15, 0.2) is 0 Å². The molecule has 0 heterocycles. The van der Waals surface area contributed by atoms with Crippen molar-refractivity contribution in [3.63, 3.8) is 0 Å². The van der Waals surface area contributed by atoms with Gasteiger partial charge in [-0.3, -0.25) is 0 Å². The summed E-state index contributed by atoms with van der Waals surface area (Å²) in [4.78, 5) is 0. The van der Waals surface area contributed by atoms with E-state index in [4.69, 9.17) is 10.0 Å². The Labute approximate surface area is 186 Å². The number of alkyl halides is 6. The molecule has 32 heavy (non-hydrogen) atoms. The molecule has 0 saturated heterocycles. The minimum atomic E-state index is -5.01. The summed E-state index contributed by atoms with van der Waals surface area (Å²) in [5.74, 6) is -0.952. The molecule has 0 atom stereocenters. The van der Waals surface area contributed by atoms with Crippen LogP contribution in [0.15, 0.2) is 18.2 Å². The van der Waals surface area contributed by atoms with Crippen LogP contribution in [-0.2, 0) is 12.4 Å². The minimum Gasteiger partial charge on any atom is -0.512 e. The fraction of sp³-hybridized carbons (Fsp3) is 0.700. The summed E-state index contributed by atoms with van der Waals surface area (Å²) in [6, 6.07) is 2.86. The molecule has 0 aliphatic heterocycles. The molecule has 12 heteroatoms. The van der Waals surface area contributed by atoms with Crippen LogP contribution in [0.5, 0.6) is 5.75 Å². The van der Waals surface area contributed by atoms with Crippen LogP contribution >= 0.6 is 0 Å². The normalized spacial score (nSPS) is 11.9. The van der Waals surface area contributed by atoms with E-state index in [1.165, 1.54) is 0 Å². The zero-order chi connectivity index (χ0) is 25.9. The van der Waals surface area contributed by atoms with Gasteiger partial charge in [-0.15, -0.1) is 0 Å². The maximum atomic E-state index is 12.3.